The van der Waals surface area contributed by atoms with Crippen LogP contribution in [0.1, 0.15) is 16.2 Å². The van der Waals surface area contributed by atoms with Crippen molar-refractivity contribution in [2.24, 2.45) is 0 Å². The Morgan fingerprint density at radius 3 is 2.67 bits per heavy atom. The van der Waals surface area contributed by atoms with E-state index in [2.05, 4.69) is 5.10 Å². The van der Waals surface area contributed by atoms with Gasteiger partial charge < -0.3 is 14.4 Å². The highest BCUT2D eigenvalue weighted by molar-refractivity contribution is 6.05. The first-order valence-corrected chi connectivity index (χ1v) is 8.55. The number of carbonyl (C=O) groups is 1. The third-order valence-corrected chi connectivity index (χ3v) is 4.41. The molecule has 0 saturated heterocycles. The maximum Gasteiger partial charge on any atom is 0.276 e. The van der Waals surface area contributed by atoms with Crippen molar-refractivity contribution in [2.45, 2.75) is 13.2 Å². The lowest BCUT2D eigenvalue weighted by Crippen LogP contribution is -2.40. The summed E-state index contributed by atoms with van der Waals surface area (Å²) in [6.07, 6.45) is 0. The number of aromatic nitrogens is 2. The summed E-state index contributed by atoms with van der Waals surface area (Å²) in [6.45, 7) is 1.22. The summed E-state index contributed by atoms with van der Waals surface area (Å²) < 4.78 is 26.3. The predicted octanol–water partition coefficient (Wildman–Crippen LogP) is 3.27. The minimum Gasteiger partial charge on any atom is -0.494 e. The molecule has 0 atom stereocenters. The van der Waals surface area contributed by atoms with Crippen molar-refractivity contribution in [1.29, 1.82) is 0 Å². The number of anilines is 1. The summed E-state index contributed by atoms with van der Waals surface area (Å²) >= 11 is 0. The number of ether oxygens (including phenoxy) is 2. The van der Waals surface area contributed by atoms with Crippen molar-refractivity contribution in [3.63, 3.8) is 0 Å². The van der Waals surface area contributed by atoms with Gasteiger partial charge in [0.2, 0.25) is 0 Å². The SMILES string of the molecule is COc1ccc(N2CCn3nc(COc4ccccc4)cc3C2=O)cc1F. The van der Waals surface area contributed by atoms with Crippen LogP contribution >= 0.6 is 0 Å². The van der Waals surface area contributed by atoms with E-state index < -0.39 is 5.82 Å². The molecule has 4 rings (SSSR count). The number of hydrogen-bond acceptors (Lipinski definition) is 4. The second kappa shape index (κ2) is 7.11. The van der Waals surface area contributed by atoms with Gasteiger partial charge in [0.05, 0.1) is 13.7 Å². The molecule has 6 nitrogen and oxygen atoms in total. The molecule has 0 N–H and O–H groups in total. The largest absolute Gasteiger partial charge is 0.494 e. The maximum atomic E-state index is 14.0. The summed E-state index contributed by atoms with van der Waals surface area (Å²) in [7, 11) is 1.40. The molecule has 0 radical (unpaired) electrons. The van der Waals surface area contributed by atoms with Crippen molar-refractivity contribution in [2.75, 3.05) is 18.6 Å². The molecule has 1 aliphatic rings. The quantitative estimate of drug-likeness (QED) is 0.695. The number of hydrogen-bond donors (Lipinski definition) is 0. The van der Waals surface area contributed by atoms with Crippen molar-refractivity contribution in [3.05, 3.63) is 71.8 Å². The standard InChI is InChI=1S/C20H18FN3O3/c1-26-19-8-7-15(12-17(19)21)23-9-10-24-18(20(23)25)11-14(22-24)13-27-16-5-3-2-4-6-16/h2-8,11-12H,9-10,13H2,1H3. The minimum absolute atomic E-state index is 0.147. The van der Waals surface area contributed by atoms with Gasteiger partial charge in [-0.05, 0) is 30.3 Å². The average Bonchev–Trinajstić information content (AvgIpc) is 3.12. The number of amides is 1. The Morgan fingerprint density at radius 2 is 1.93 bits per heavy atom. The van der Waals surface area contributed by atoms with Gasteiger partial charge in [0.15, 0.2) is 11.6 Å². The fraction of sp³-hybridized carbons (Fsp3) is 0.200. The molecule has 0 spiro atoms. The Bertz CT molecular complexity index is 972. The molecule has 0 fully saturated rings. The summed E-state index contributed by atoms with van der Waals surface area (Å²) in [5.41, 5.74) is 1.63. The topological polar surface area (TPSA) is 56.6 Å². The molecule has 7 heteroatoms. The van der Waals surface area contributed by atoms with E-state index in [1.807, 2.05) is 30.3 Å². The van der Waals surface area contributed by atoms with E-state index in [1.54, 1.807) is 21.7 Å². The Balaban J connectivity index is 1.52. The monoisotopic (exact) mass is 367 g/mol. The number of carbonyl (C=O) groups excluding carboxylic acids is 1. The first-order chi connectivity index (χ1) is 13.2. The van der Waals surface area contributed by atoms with Crippen LogP contribution in [0.4, 0.5) is 10.1 Å². The molecule has 1 aromatic heterocycles. The normalized spacial score (nSPS) is 13.4. The first-order valence-electron chi connectivity index (χ1n) is 8.55. The van der Waals surface area contributed by atoms with Crippen LogP contribution in [0.5, 0.6) is 11.5 Å². The van der Waals surface area contributed by atoms with Gasteiger partial charge in [0, 0.05) is 18.3 Å². The number of benzene rings is 2. The molecule has 1 amide bonds. The first kappa shape index (κ1) is 17.1. The van der Waals surface area contributed by atoms with Crippen molar-refractivity contribution < 1.29 is 18.7 Å². The molecule has 2 heterocycles. The van der Waals surface area contributed by atoms with Gasteiger partial charge in [-0.2, -0.15) is 5.10 Å². The van der Waals surface area contributed by atoms with E-state index in [4.69, 9.17) is 9.47 Å². The van der Waals surface area contributed by atoms with Gasteiger partial charge in [-0.3, -0.25) is 9.48 Å². The van der Waals surface area contributed by atoms with E-state index >= 15 is 0 Å². The van der Waals surface area contributed by atoms with Crippen LogP contribution in [-0.4, -0.2) is 29.3 Å². The van der Waals surface area contributed by atoms with E-state index in [-0.39, 0.29) is 18.3 Å². The van der Waals surface area contributed by atoms with Crippen LogP contribution in [0.15, 0.2) is 54.6 Å². The van der Waals surface area contributed by atoms with Gasteiger partial charge in [-0.25, -0.2) is 4.39 Å². The predicted molar refractivity (Wildman–Crippen MR) is 97.6 cm³/mol. The summed E-state index contributed by atoms with van der Waals surface area (Å²) in [5.74, 6) is 0.168. The molecule has 0 unspecified atom stereocenters. The number of fused-ring (bicyclic) bond motifs is 1. The van der Waals surface area contributed by atoms with Crippen molar-refractivity contribution in [3.8, 4) is 11.5 Å². The zero-order valence-corrected chi connectivity index (χ0v) is 14.8. The molecule has 0 bridgehead atoms. The lowest BCUT2D eigenvalue weighted by molar-refractivity contribution is 0.0962. The van der Waals surface area contributed by atoms with Gasteiger partial charge in [0.1, 0.15) is 23.7 Å². The molecular weight excluding hydrogens is 349 g/mol. The number of halogens is 1. The highest BCUT2D eigenvalue weighted by Gasteiger charge is 2.28. The molecular formula is C20H18FN3O3. The van der Waals surface area contributed by atoms with Gasteiger partial charge in [-0.1, -0.05) is 18.2 Å². The smallest absolute Gasteiger partial charge is 0.276 e. The van der Waals surface area contributed by atoms with E-state index in [9.17, 15) is 9.18 Å². The lowest BCUT2D eigenvalue weighted by atomic mass is 10.2. The molecule has 0 saturated carbocycles. The number of rotatable bonds is 5. The van der Waals surface area contributed by atoms with E-state index in [1.165, 1.54) is 19.2 Å². The third kappa shape index (κ3) is 3.36. The Kier molecular flexibility index (Phi) is 4.50. The third-order valence-electron chi connectivity index (χ3n) is 4.41. The maximum absolute atomic E-state index is 14.0. The Hall–Kier alpha value is -3.35. The van der Waals surface area contributed by atoms with Gasteiger partial charge >= 0.3 is 0 Å². The fourth-order valence-corrected chi connectivity index (χ4v) is 3.06. The van der Waals surface area contributed by atoms with Crippen LogP contribution in [-0.2, 0) is 13.2 Å². The van der Waals surface area contributed by atoms with Crippen LogP contribution < -0.4 is 14.4 Å². The van der Waals surface area contributed by atoms with Crippen LogP contribution in [0.25, 0.3) is 0 Å². The van der Waals surface area contributed by atoms with Crippen LogP contribution in [0.2, 0.25) is 0 Å². The molecule has 27 heavy (non-hydrogen) atoms. The van der Waals surface area contributed by atoms with Gasteiger partial charge in [-0.15, -0.1) is 0 Å². The van der Waals surface area contributed by atoms with Crippen LogP contribution in [0, 0.1) is 5.82 Å². The lowest BCUT2D eigenvalue weighted by Gasteiger charge is -2.27. The number of para-hydroxylation sites is 1. The fourth-order valence-electron chi connectivity index (χ4n) is 3.06. The number of methoxy groups -OCH3 is 1. The summed E-state index contributed by atoms with van der Waals surface area (Å²) in [4.78, 5) is 14.4. The molecule has 0 aliphatic carbocycles. The second-order valence-electron chi connectivity index (χ2n) is 6.12. The summed E-state index contributed by atoms with van der Waals surface area (Å²) in [5, 5.41) is 4.44. The van der Waals surface area contributed by atoms with Gasteiger partial charge in [0.25, 0.3) is 5.91 Å². The number of nitrogens with zero attached hydrogens (tertiary/aromatic N) is 3. The summed E-state index contributed by atoms with van der Waals surface area (Å²) in [6, 6.07) is 15.6. The van der Waals surface area contributed by atoms with E-state index in [0.717, 1.165) is 5.75 Å². The average molecular weight is 367 g/mol. The molecule has 1 aliphatic heterocycles. The highest BCUT2D eigenvalue weighted by atomic mass is 19.1. The van der Waals surface area contributed by atoms with E-state index in [0.29, 0.717) is 30.2 Å². The van der Waals surface area contributed by atoms with Crippen molar-refractivity contribution in [1.82, 2.24) is 9.78 Å². The zero-order valence-electron chi connectivity index (χ0n) is 14.8. The Labute approximate surface area is 155 Å². The van der Waals surface area contributed by atoms with Crippen molar-refractivity contribution >= 4 is 11.6 Å². The molecule has 2 aromatic carbocycles. The van der Waals surface area contributed by atoms with Crippen LogP contribution in [0.3, 0.4) is 0 Å². The molecule has 138 valence electrons. The second-order valence-corrected chi connectivity index (χ2v) is 6.12. The Morgan fingerprint density at radius 1 is 1.11 bits per heavy atom. The zero-order chi connectivity index (χ0) is 18.8. The highest BCUT2D eigenvalue weighted by Crippen LogP contribution is 2.26. The molecule has 3 aromatic rings. The minimum atomic E-state index is -0.501.